The van der Waals surface area contributed by atoms with E-state index in [2.05, 4.69) is 4.98 Å². The first kappa shape index (κ1) is 21.2. The normalized spacial score (nSPS) is 15.7. The van der Waals surface area contributed by atoms with Gasteiger partial charge in [0.1, 0.15) is 17.6 Å². The van der Waals surface area contributed by atoms with Crippen LogP contribution < -0.4 is 9.64 Å². The van der Waals surface area contributed by atoms with Crippen molar-refractivity contribution >= 4 is 23.4 Å². The van der Waals surface area contributed by atoms with E-state index in [1.54, 1.807) is 48.8 Å². The summed E-state index contributed by atoms with van der Waals surface area (Å²) >= 11 is 0. The second-order valence-corrected chi connectivity index (χ2v) is 7.29. The lowest BCUT2D eigenvalue weighted by atomic mass is 10.1. The lowest BCUT2D eigenvalue weighted by Gasteiger charge is -2.28. The number of halogens is 1. The van der Waals surface area contributed by atoms with Crippen molar-refractivity contribution in [2.24, 2.45) is 0 Å². The molecule has 7 nitrogen and oxygen atoms in total. The van der Waals surface area contributed by atoms with E-state index in [-0.39, 0.29) is 18.5 Å². The fraction of sp³-hybridized carbons (Fsp3) is 0.167. The summed E-state index contributed by atoms with van der Waals surface area (Å²) in [6, 6.07) is 14.1. The van der Waals surface area contributed by atoms with Crippen molar-refractivity contribution in [3.63, 3.8) is 0 Å². The van der Waals surface area contributed by atoms with E-state index in [4.69, 9.17) is 4.74 Å². The summed E-state index contributed by atoms with van der Waals surface area (Å²) in [5.74, 6) is -1.27. The number of hydrogen-bond acceptors (Lipinski definition) is 5. The van der Waals surface area contributed by atoms with Gasteiger partial charge in [-0.15, -0.1) is 0 Å². The molecule has 32 heavy (non-hydrogen) atoms. The van der Waals surface area contributed by atoms with Crippen molar-refractivity contribution < 1.29 is 23.5 Å². The highest BCUT2D eigenvalue weighted by atomic mass is 19.1. The molecule has 2 heterocycles. The van der Waals surface area contributed by atoms with Crippen molar-refractivity contribution in [1.82, 2.24) is 9.88 Å². The van der Waals surface area contributed by atoms with Gasteiger partial charge in [0.05, 0.1) is 19.2 Å². The number of pyridine rings is 1. The van der Waals surface area contributed by atoms with Crippen LogP contribution in [0.2, 0.25) is 0 Å². The van der Waals surface area contributed by atoms with Gasteiger partial charge in [0.15, 0.2) is 0 Å². The topological polar surface area (TPSA) is 79.8 Å². The van der Waals surface area contributed by atoms with Crippen LogP contribution in [0.1, 0.15) is 22.3 Å². The third-order valence-electron chi connectivity index (χ3n) is 5.26. The molecular formula is C24H20FN3O4. The summed E-state index contributed by atoms with van der Waals surface area (Å²) < 4.78 is 18.5. The average molecular weight is 433 g/mol. The Morgan fingerprint density at radius 3 is 2.47 bits per heavy atom. The zero-order valence-electron chi connectivity index (χ0n) is 17.3. The molecule has 0 aliphatic carbocycles. The number of nitrogens with zero attached hydrogens (tertiary/aromatic N) is 3. The molecule has 1 aliphatic rings. The van der Waals surface area contributed by atoms with Crippen LogP contribution in [-0.4, -0.2) is 40.8 Å². The predicted molar refractivity (Wildman–Crippen MR) is 114 cm³/mol. The summed E-state index contributed by atoms with van der Waals surface area (Å²) in [6.07, 6.45) is 3.04. The van der Waals surface area contributed by atoms with Gasteiger partial charge in [0, 0.05) is 24.5 Å². The minimum Gasteiger partial charge on any atom is -0.497 e. The maximum Gasteiger partial charge on any atom is 0.257 e. The predicted octanol–water partition coefficient (Wildman–Crippen LogP) is 3.20. The van der Waals surface area contributed by atoms with E-state index in [0.717, 1.165) is 4.90 Å². The third-order valence-corrected chi connectivity index (χ3v) is 5.26. The molecule has 1 unspecified atom stereocenters. The van der Waals surface area contributed by atoms with E-state index in [0.29, 0.717) is 17.0 Å². The van der Waals surface area contributed by atoms with Gasteiger partial charge in [0.25, 0.3) is 11.8 Å². The molecule has 1 saturated heterocycles. The summed E-state index contributed by atoms with van der Waals surface area (Å²) in [5, 5.41) is 0. The Kier molecular flexibility index (Phi) is 5.93. The third kappa shape index (κ3) is 4.20. The summed E-state index contributed by atoms with van der Waals surface area (Å²) in [5.41, 5.74) is 1.32. The van der Waals surface area contributed by atoms with E-state index in [9.17, 15) is 18.8 Å². The molecule has 2 aromatic carbocycles. The number of carbonyl (C=O) groups excluding carboxylic acids is 3. The SMILES string of the molecule is COc1ccc(N2C(=O)CC(N(Cc3cccnc3)C(=O)c3ccc(F)cc3)C2=O)cc1. The van der Waals surface area contributed by atoms with Crippen molar-refractivity contribution in [1.29, 1.82) is 0 Å². The summed E-state index contributed by atoms with van der Waals surface area (Å²) in [4.78, 5) is 45.9. The number of carbonyl (C=O) groups is 3. The van der Waals surface area contributed by atoms with Crippen LogP contribution >= 0.6 is 0 Å². The maximum atomic E-state index is 13.4. The minimum atomic E-state index is -0.998. The van der Waals surface area contributed by atoms with Gasteiger partial charge >= 0.3 is 0 Å². The van der Waals surface area contributed by atoms with E-state index in [1.165, 1.54) is 36.3 Å². The first-order valence-electron chi connectivity index (χ1n) is 9.94. The highest BCUT2D eigenvalue weighted by molar-refractivity contribution is 6.23. The molecule has 1 fully saturated rings. The molecule has 8 heteroatoms. The molecule has 0 radical (unpaired) electrons. The molecule has 162 valence electrons. The number of imide groups is 1. The molecule has 0 N–H and O–H groups in total. The quantitative estimate of drug-likeness (QED) is 0.558. The Morgan fingerprint density at radius 1 is 1.12 bits per heavy atom. The van der Waals surface area contributed by atoms with Gasteiger partial charge in [-0.25, -0.2) is 9.29 Å². The van der Waals surface area contributed by atoms with Crippen LogP contribution in [0.15, 0.2) is 73.1 Å². The van der Waals surface area contributed by atoms with Gasteiger partial charge in [-0.2, -0.15) is 0 Å². The number of hydrogen-bond donors (Lipinski definition) is 0. The Morgan fingerprint density at radius 2 is 1.84 bits per heavy atom. The lowest BCUT2D eigenvalue weighted by Crippen LogP contribution is -2.45. The van der Waals surface area contributed by atoms with Crippen LogP contribution in [0.5, 0.6) is 5.75 Å². The molecule has 1 aromatic heterocycles. The number of benzene rings is 2. The Balaban J connectivity index is 1.66. The first-order chi connectivity index (χ1) is 15.5. The van der Waals surface area contributed by atoms with Gasteiger partial charge < -0.3 is 9.64 Å². The van der Waals surface area contributed by atoms with Crippen molar-refractivity contribution in [2.45, 2.75) is 19.0 Å². The average Bonchev–Trinajstić information content (AvgIpc) is 3.11. The van der Waals surface area contributed by atoms with Gasteiger partial charge in [-0.05, 0) is 60.2 Å². The molecule has 3 amide bonds. The number of rotatable bonds is 6. The number of ether oxygens (including phenoxy) is 1. The van der Waals surface area contributed by atoms with Crippen LogP contribution in [0.3, 0.4) is 0 Å². The number of aromatic nitrogens is 1. The van der Waals surface area contributed by atoms with Crippen LogP contribution in [-0.2, 0) is 16.1 Å². The highest BCUT2D eigenvalue weighted by Gasteiger charge is 2.44. The van der Waals surface area contributed by atoms with E-state index in [1.807, 2.05) is 0 Å². The largest absolute Gasteiger partial charge is 0.497 e. The lowest BCUT2D eigenvalue weighted by molar-refractivity contribution is -0.122. The molecule has 1 atom stereocenters. The molecule has 3 aromatic rings. The summed E-state index contributed by atoms with van der Waals surface area (Å²) in [7, 11) is 1.52. The maximum absolute atomic E-state index is 13.4. The zero-order chi connectivity index (χ0) is 22.7. The Bertz CT molecular complexity index is 1130. The number of methoxy groups -OCH3 is 1. The second-order valence-electron chi connectivity index (χ2n) is 7.29. The van der Waals surface area contributed by atoms with Gasteiger partial charge in [0.2, 0.25) is 5.91 Å². The van der Waals surface area contributed by atoms with Gasteiger partial charge in [-0.1, -0.05) is 6.07 Å². The zero-order valence-corrected chi connectivity index (χ0v) is 17.3. The Labute approximate surface area is 184 Å². The summed E-state index contributed by atoms with van der Waals surface area (Å²) in [6.45, 7) is 0.0736. The monoisotopic (exact) mass is 433 g/mol. The number of amides is 3. The van der Waals surface area contributed by atoms with E-state index >= 15 is 0 Å². The molecule has 0 bridgehead atoms. The van der Waals surface area contributed by atoms with E-state index < -0.39 is 29.6 Å². The fourth-order valence-electron chi connectivity index (χ4n) is 3.63. The Hall–Kier alpha value is -4.07. The molecular weight excluding hydrogens is 413 g/mol. The fourth-order valence-corrected chi connectivity index (χ4v) is 3.63. The first-order valence-corrected chi connectivity index (χ1v) is 9.94. The number of anilines is 1. The van der Waals surface area contributed by atoms with Crippen molar-refractivity contribution in [3.8, 4) is 5.75 Å². The smallest absolute Gasteiger partial charge is 0.257 e. The van der Waals surface area contributed by atoms with Crippen LogP contribution in [0.4, 0.5) is 10.1 Å². The van der Waals surface area contributed by atoms with Crippen molar-refractivity contribution in [2.75, 3.05) is 12.0 Å². The van der Waals surface area contributed by atoms with Crippen LogP contribution in [0.25, 0.3) is 0 Å². The van der Waals surface area contributed by atoms with Crippen molar-refractivity contribution in [3.05, 3.63) is 90.0 Å². The molecule has 1 aliphatic heterocycles. The van der Waals surface area contributed by atoms with Gasteiger partial charge in [-0.3, -0.25) is 19.4 Å². The molecule has 0 spiro atoms. The molecule has 0 saturated carbocycles. The van der Waals surface area contributed by atoms with Crippen LogP contribution in [0, 0.1) is 5.82 Å². The standard InChI is InChI=1S/C24H20FN3O4/c1-32-20-10-8-19(9-11-20)28-22(29)13-21(24(28)31)27(15-16-3-2-12-26-14-16)23(30)17-4-6-18(25)7-5-17/h2-12,14,21H,13,15H2,1H3. The minimum absolute atomic E-state index is 0.0736. The second kappa shape index (κ2) is 8.97. The highest BCUT2D eigenvalue weighted by Crippen LogP contribution is 2.29. The molecule has 4 rings (SSSR count).